The van der Waals surface area contributed by atoms with E-state index in [4.69, 9.17) is 0 Å². The molecule has 0 N–H and O–H groups in total. The smallest absolute Gasteiger partial charge is 0.165 e. The molecule has 0 aliphatic heterocycles. The highest BCUT2D eigenvalue weighted by atomic mass is 15.0. The summed E-state index contributed by atoms with van der Waals surface area (Å²) in [5.41, 5.74) is 2.61. The van der Waals surface area contributed by atoms with Crippen LogP contribution in [0.4, 0.5) is 0 Å². The monoisotopic (exact) mass is 313 g/mol. The molecule has 1 heterocycles. The molecule has 0 fully saturated rings. The van der Waals surface area contributed by atoms with Crippen LogP contribution in [0, 0.1) is 0 Å². The molecule has 0 aliphatic carbocycles. The molecule has 0 spiro atoms. The van der Waals surface area contributed by atoms with Gasteiger partial charge in [-0.3, -0.25) is 0 Å². The summed E-state index contributed by atoms with van der Waals surface area (Å²) in [6.45, 7) is 0.877. The van der Waals surface area contributed by atoms with E-state index in [1.807, 2.05) is 0 Å². The van der Waals surface area contributed by atoms with E-state index in [0.717, 1.165) is 6.54 Å². The molecule has 2 heteroatoms. The van der Waals surface area contributed by atoms with Gasteiger partial charge >= 0.3 is 0 Å². The lowest BCUT2D eigenvalue weighted by Gasteiger charge is -2.06. The van der Waals surface area contributed by atoms with Gasteiger partial charge in [-0.1, -0.05) is 60.7 Å². The van der Waals surface area contributed by atoms with Gasteiger partial charge in [0, 0.05) is 23.4 Å². The Morgan fingerprint density at radius 2 is 1.62 bits per heavy atom. The van der Waals surface area contributed by atoms with Crippen LogP contribution in [0.15, 0.2) is 66.7 Å². The van der Waals surface area contributed by atoms with Crippen molar-refractivity contribution in [1.82, 2.24) is 4.57 Å². The quantitative estimate of drug-likeness (QED) is 0.403. The van der Waals surface area contributed by atoms with E-state index in [1.165, 1.54) is 32.6 Å². The molecule has 4 aromatic rings. The van der Waals surface area contributed by atoms with Crippen LogP contribution in [-0.2, 0) is 6.54 Å². The maximum absolute atomic E-state index is 2.42. The number of benzene rings is 3. The number of rotatable bonds is 3. The van der Waals surface area contributed by atoms with Crippen molar-refractivity contribution in [1.29, 1.82) is 0 Å². The van der Waals surface area contributed by atoms with Gasteiger partial charge in [-0.2, -0.15) is 0 Å². The van der Waals surface area contributed by atoms with Gasteiger partial charge in [0.15, 0.2) is 6.21 Å². The fraction of sp³-hybridized carbons (Fsp3) is 0.136. The Morgan fingerprint density at radius 3 is 2.38 bits per heavy atom. The van der Waals surface area contributed by atoms with E-state index >= 15 is 0 Å². The maximum atomic E-state index is 2.42. The van der Waals surface area contributed by atoms with Crippen molar-refractivity contribution >= 4 is 34.0 Å². The van der Waals surface area contributed by atoms with Gasteiger partial charge in [-0.15, -0.1) is 0 Å². The Bertz CT molecular complexity index is 1080. The number of aromatic nitrogens is 1. The first-order valence-electron chi connectivity index (χ1n) is 8.29. The van der Waals surface area contributed by atoms with Crippen molar-refractivity contribution in [2.24, 2.45) is 0 Å². The molecule has 0 unspecified atom stereocenters. The summed E-state index contributed by atoms with van der Waals surface area (Å²) in [6, 6.07) is 23.8. The highest BCUT2D eigenvalue weighted by Gasteiger charge is 2.11. The Labute approximate surface area is 142 Å². The van der Waals surface area contributed by atoms with E-state index in [0.29, 0.717) is 0 Å². The first-order chi connectivity index (χ1) is 11.7. The second-order valence-corrected chi connectivity index (χ2v) is 6.42. The molecule has 0 radical (unpaired) electrons. The molecule has 4 rings (SSSR count). The minimum absolute atomic E-state index is 0.877. The number of hydrogen-bond acceptors (Lipinski definition) is 0. The number of hydrogen-bond donors (Lipinski definition) is 0. The lowest BCUT2D eigenvalue weighted by Crippen LogP contribution is -2.18. The van der Waals surface area contributed by atoms with Gasteiger partial charge in [0.2, 0.25) is 0 Å². The van der Waals surface area contributed by atoms with Gasteiger partial charge in [0.05, 0.1) is 10.9 Å². The fourth-order valence-corrected chi connectivity index (χ4v) is 3.37. The van der Waals surface area contributed by atoms with Gasteiger partial charge in [0.25, 0.3) is 0 Å². The normalized spacial score (nSPS) is 12.2. The second-order valence-electron chi connectivity index (χ2n) is 6.42. The van der Waals surface area contributed by atoms with Gasteiger partial charge < -0.3 is 4.57 Å². The highest BCUT2D eigenvalue weighted by molar-refractivity contribution is 6.11. The van der Waals surface area contributed by atoms with Crippen LogP contribution >= 0.6 is 0 Å². The lowest BCUT2D eigenvalue weighted by molar-refractivity contribution is -0.457. The first kappa shape index (κ1) is 14.7. The SMILES string of the molecule is C[N+](C)=C/C=c1/c2cccc3cccc(c32)n1Cc1ccccc1. The summed E-state index contributed by atoms with van der Waals surface area (Å²) >= 11 is 0. The predicted octanol–water partition coefficient (Wildman–Crippen LogP) is 3.69. The van der Waals surface area contributed by atoms with Crippen molar-refractivity contribution in [3.05, 3.63) is 77.6 Å². The van der Waals surface area contributed by atoms with Crippen molar-refractivity contribution in [3.8, 4) is 0 Å². The van der Waals surface area contributed by atoms with Crippen molar-refractivity contribution in [3.63, 3.8) is 0 Å². The maximum Gasteiger partial charge on any atom is 0.165 e. The fourth-order valence-electron chi connectivity index (χ4n) is 3.37. The number of nitrogens with zero attached hydrogens (tertiary/aromatic N) is 2. The molecule has 0 saturated carbocycles. The zero-order chi connectivity index (χ0) is 16.5. The van der Waals surface area contributed by atoms with Crippen LogP contribution < -0.4 is 5.35 Å². The molecule has 118 valence electrons. The van der Waals surface area contributed by atoms with Gasteiger partial charge in [0.1, 0.15) is 14.1 Å². The zero-order valence-corrected chi connectivity index (χ0v) is 14.1. The Hall–Kier alpha value is -2.87. The average Bonchev–Trinajstić information content (AvgIpc) is 2.90. The Morgan fingerprint density at radius 1 is 0.875 bits per heavy atom. The standard InChI is InChI=1S/C22H21N2/c1-23(2)15-14-20-19-12-6-10-18-11-7-13-21(22(18)19)24(20)16-17-8-4-3-5-9-17/h3-15H,16H2,1-2H3/q+1. The molecular weight excluding hydrogens is 292 g/mol. The molecule has 0 amide bonds. The van der Waals surface area contributed by atoms with Crippen molar-refractivity contribution in [2.75, 3.05) is 14.1 Å². The molecule has 0 bridgehead atoms. The van der Waals surface area contributed by atoms with E-state index in [1.54, 1.807) is 0 Å². The molecule has 0 saturated heterocycles. The average molecular weight is 313 g/mol. The van der Waals surface area contributed by atoms with E-state index in [2.05, 4.69) is 102 Å². The molecule has 3 aromatic carbocycles. The third kappa shape index (κ3) is 2.50. The van der Waals surface area contributed by atoms with Crippen molar-refractivity contribution < 1.29 is 4.58 Å². The second kappa shape index (κ2) is 5.97. The summed E-state index contributed by atoms with van der Waals surface area (Å²) < 4.78 is 4.50. The van der Waals surface area contributed by atoms with Gasteiger partial charge in [-0.25, -0.2) is 4.58 Å². The third-order valence-corrected chi connectivity index (χ3v) is 4.45. The molecule has 2 nitrogen and oxygen atoms in total. The molecule has 0 atom stereocenters. The molecule has 24 heavy (non-hydrogen) atoms. The molecule has 1 aromatic heterocycles. The highest BCUT2D eigenvalue weighted by Crippen LogP contribution is 2.26. The van der Waals surface area contributed by atoms with Crippen LogP contribution in [0.5, 0.6) is 0 Å². The predicted molar refractivity (Wildman–Crippen MR) is 103 cm³/mol. The lowest BCUT2D eigenvalue weighted by atomic mass is 10.1. The summed E-state index contributed by atoms with van der Waals surface area (Å²) in [4.78, 5) is 0. The summed E-state index contributed by atoms with van der Waals surface area (Å²) in [7, 11) is 4.11. The third-order valence-electron chi connectivity index (χ3n) is 4.45. The Kier molecular flexibility index (Phi) is 3.66. The topological polar surface area (TPSA) is 7.94 Å². The van der Waals surface area contributed by atoms with Crippen LogP contribution in [-0.4, -0.2) is 29.5 Å². The first-order valence-corrected chi connectivity index (χ1v) is 8.29. The van der Waals surface area contributed by atoms with Crippen LogP contribution in [0.1, 0.15) is 5.56 Å². The Balaban J connectivity index is 2.06. The minimum Gasteiger partial charge on any atom is -0.336 e. The van der Waals surface area contributed by atoms with E-state index in [9.17, 15) is 0 Å². The molecular formula is C22H21N2+. The van der Waals surface area contributed by atoms with Crippen LogP contribution in [0.3, 0.4) is 0 Å². The largest absolute Gasteiger partial charge is 0.336 e. The van der Waals surface area contributed by atoms with Crippen molar-refractivity contribution in [2.45, 2.75) is 6.54 Å². The van der Waals surface area contributed by atoms with Crippen LogP contribution in [0.2, 0.25) is 0 Å². The van der Waals surface area contributed by atoms with E-state index < -0.39 is 0 Å². The molecule has 0 aliphatic rings. The van der Waals surface area contributed by atoms with Crippen LogP contribution in [0.25, 0.3) is 27.8 Å². The summed E-state index contributed by atoms with van der Waals surface area (Å²) in [5.74, 6) is 0. The zero-order valence-electron chi connectivity index (χ0n) is 14.1. The summed E-state index contributed by atoms with van der Waals surface area (Å²) in [6.07, 6.45) is 4.34. The van der Waals surface area contributed by atoms with E-state index in [-0.39, 0.29) is 0 Å². The summed E-state index contributed by atoms with van der Waals surface area (Å²) in [5, 5.41) is 5.24. The minimum atomic E-state index is 0.877. The van der Waals surface area contributed by atoms with Gasteiger partial charge in [-0.05, 0) is 17.0 Å².